The number of halogens is 3. The molecule has 0 aliphatic rings. The van der Waals surface area contributed by atoms with E-state index in [1.54, 1.807) is 0 Å². The lowest BCUT2D eigenvalue weighted by Crippen LogP contribution is -2.24. The van der Waals surface area contributed by atoms with E-state index in [2.05, 4.69) is 10.2 Å². The van der Waals surface area contributed by atoms with Crippen LogP contribution in [0.3, 0.4) is 0 Å². The minimum Gasteiger partial charge on any atom is -0.374 e. The monoisotopic (exact) mass is 338 g/mol. The topological polar surface area (TPSA) is 98.0 Å². The molecule has 0 aliphatic carbocycles. The summed E-state index contributed by atoms with van der Waals surface area (Å²) in [5.74, 6) is 0. The van der Waals surface area contributed by atoms with Crippen LogP contribution in [0.15, 0.2) is 28.6 Å². The summed E-state index contributed by atoms with van der Waals surface area (Å²) in [6.45, 7) is -0.516. The second-order valence-electron chi connectivity index (χ2n) is 3.89. The predicted octanol–water partition coefficient (Wildman–Crippen LogP) is 1.62. The number of anilines is 1. The lowest BCUT2D eigenvalue weighted by molar-refractivity contribution is -0.138. The Kier molecular flexibility index (Phi) is 4.16. The lowest BCUT2D eigenvalue weighted by Gasteiger charge is -2.12. The van der Waals surface area contributed by atoms with Crippen molar-refractivity contribution in [2.24, 2.45) is 0 Å². The SMILES string of the molecule is Nc1nnc(S(=O)(=O)NCc2ccccc2C(F)(F)F)s1. The van der Waals surface area contributed by atoms with Crippen LogP contribution in [-0.4, -0.2) is 18.6 Å². The van der Waals surface area contributed by atoms with E-state index >= 15 is 0 Å². The summed E-state index contributed by atoms with van der Waals surface area (Å²) in [6, 6.07) is 4.69. The molecule has 0 aliphatic heterocycles. The van der Waals surface area contributed by atoms with Crippen LogP contribution < -0.4 is 10.5 Å². The Hall–Kier alpha value is -1.72. The third-order valence-corrected chi connectivity index (χ3v) is 4.95. The highest BCUT2D eigenvalue weighted by Crippen LogP contribution is 2.31. The molecule has 0 saturated heterocycles. The van der Waals surface area contributed by atoms with Gasteiger partial charge < -0.3 is 5.73 Å². The van der Waals surface area contributed by atoms with Gasteiger partial charge in [-0.05, 0) is 11.6 Å². The number of nitrogen functional groups attached to an aromatic ring is 1. The molecule has 1 aromatic heterocycles. The highest BCUT2D eigenvalue weighted by atomic mass is 32.2. The number of aromatic nitrogens is 2. The van der Waals surface area contributed by atoms with Crippen molar-refractivity contribution in [3.63, 3.8) is 0 Å². The summed E-state index contributed by atoms with van der Waals surface area (Å²) < 4.78 is 63.7. The molecule has 0 atom stereocenters. The number of hydrogen-bond donors (Lipinski definition) is 2. The van der Waals surface area contributed by atoms with Gasteiger partial charge in [0.15, 0.2) is 0 Å². The number of nitrogens with zero attached hydrogens (tertiary/aromatic N) is 2. The highest BCUT2D eigenvalue weighted by molar-refractivity contribution is 7.91. The Morgan fingerprint density at radius 2 is 1.90 bits per heavy atom. The molecule has 1 heterocycles. The van der Waals surface area contributed by atoms with Gasteiger partial charge in [-0.3, -0.25) is 0 Å². The molecule has 0 unspecified atom stereocenters. The van der Waals surface area contributed by atoms with Crippen LogP contribution in [0.25, 0.3) is 0 Å². The minimum absolute atomic E-state index is 0.0499. The molecule has 114 valence electrons. The molecular weight excluding hydrogens is 329 g/mol. The second kappa shape index (κ2) is 5.58. The van der Waals surface area contributed by atoms with Gasteiger partial charge in [0, 0.05) is 6.54 Å². The zero-order valence-corrected chi connectivity index (χ0v) is 11.9. The van der Waals surface area contributed by atoms with E-state index in [0.29, 0.717) is 11.3 Å². The molecule has 0 fully saturated rings. The molecule has 0 amide bonds. The van der Waals surface area contributed by atoms with E-state index < -0.39 is 32.6 Å². The molecule has 0 bridgehead atoms. The van der Waals surface area contributed by atoms with Gasteiger partial charge in [0.1, 0.15) is 0 Å². The van der Waals surface area contributed by atoms with Gasteiger partial charge in [-0.25, -0.2) is 13.1 Å². The van der Waals surface area contributed by atoms with Gasteiger partial charge in [0.25, 0.3) is 10.0 Å². The number of nitrogens with two attached hydrogens (primary N) is 1. The zero-order chi connectivity index (χ0) is 15.7. The standard InChI is InChI=1S/C10H9F3N4O2S2/c11-10(12,13)7-4-2-1-3-6(7)5-15-21(18,19)9-17-16-8(14)20-9/h1-4,15H,5H2,(H2,14,16). The fourth-order valence-corrected chi connectivity index (χ4v) is 3.35. The summed E-state index contributed by atoms with van der Waals surface area (Å²) in [5.41, 5.74) is 4.18. The van der Waals surface area contributed by atoms with Crippen molar-refractivity contribution in [2.45, 2.75) is 17.1 Å². The van der Waals surface area contributed by atoms with Crippen molar-refractivity contribution in [1.29, 1.82) is 0 Å². The molecule has 2 rings (SSSR count). The molecule has 2 aromatic rings. The van der Waals surface area contributed by atoms with Gasteiger partial charge in [-0.2, -0.15) is 13.2 Å². The molecule has 6 nitrogen and oxygen atoms in total. The normalized spacial score (nSPS) is 12.5. The van der Waals surface area contributed by atoms with Crippen LogP contribution in [0.4, 0.5) is 18.3 Å². The van der Waals surface area contributed by atoms with Crippen molar-refractivity contribution in [3.8, 4) is 0 Å². The van der Waals surface area contributed by atoms with Gasteiger partial charge in [-0.15, -0.1) is 10.2 Å². The summed E-state index contributed by atoms with van der Waals surface area (Å²) in [6.07, 6.45) is -4.56. The number of sulfonamides is 1. The summed E-state index contributed by atoms with van der Waals surface area (Å²) in [7, 11) is -4.05. The van der Waals surface area contributed by atoms with E-state index in [1.165, 1.54) is 18.2 Å². The summed E-state index contributed by atoms with van der Waals surface area (Å²) >= 11 is 0.622. The first-order chi connectivity index (χ1) is 9.70. The van der Waals surface area contributed by atoms with Gasteiger partial charge in [0.2, 0.25) is 9.47 Å². The molecule has 21 heavy (non-hydrogen) atoms. The van der Waals surface area contributed by atoms with E-state index in [-0.39, 0.29) is 10.7 Å². The van der Waals surface area contributed by atoms with Crippen LogP contribution in [0.5, 0.6) is 0 Å². The van der Waals surface area contributed by atoms with Crippen LogP contribution in [-0.2, 0) is 22.7 Å². The summed E-state index contributed by atoms with van der Waals surface area (Å²) in [5, 5.41) is 6.63. The first-order valence-corrected chi connectivity index (χ1v) is 7.74. The molecular formula is C10H9F3N4O2S2. The van der Waals surface area contributed by atoms with Crippen LogP contribution in [0.1, 0.15) is 11.1 Å². The van der Waals surface area contributed by atoms with E-state index in [4.69, 9.17) is 5.73 Å². The van der Waals surface area contributed by atoms with Crippen molar-refractivity contribution in [1.82, 2.24) is 14.9 Å². The maximum atomic E-state index is 12.8. The maximum absolute atomic E-state index is 12.8. The van der Waals surface area contributed by atoms with Crippen molar-refractivity contribution < 1.29 is 21.6 Å². The number of alkyl halides is 3. The number of nitrogens with one attached hydrogen (secondary N) is 1. The largest absolute Gasteiger partial charge is 0.416 e. The van der Waals surface area contributed by atoms with E-state index in [9.17, 15) is 21.6 Å². The van der Waals surface area contributed by atoms with Crippen molar-refractivity contribution in [3.05, 3.63) is 35.4 Å². The first kappa shape index (κ1) is 15.7. The third-order valence-electron chi connectivity index (χ3n) is 2.43. The summed E-state index contributed by atoms with van der Waals surface area (Å²) in [4.78, 5) is 0. The Morgan fingerprint density at radius 3 is 2.48 bits per heavy atom. The Morgan fingerprint density at radius 1 is 1.24 bits per heavy atom. The molecule has 0 spiro atoms. The quantitative estimate of drug-likeness (QED) is 0.883. The van der Waals surface area contributed by atoms with E-state index in [0.717, 1.165) is 6.07 Å². The van der Waals surface area contributed by atoms with Gasteiger partial charge in [-0.1, -0.05) is 29.5 Å². The third kappa shape index (κ3) is 3.68. The van der Waals surface area contributed by atoms with E-state index in [1.807, 2.05) is 4.72 Å². The Balaban J connectivity index is 2.21. The average molecular weight is 338 g/mol. The Bertz CT molecular complexity index is 743. The fraction of sp³-hybridized carbons (Fsp3) is 0.200. The number of rotatable bonds is 4. The average Bonchev–Trinajstić information content (AvgIpc) is 2.83. The molecule has 1 aromatic carbocycles. The van der Waals surface area contributed by atoms with Crippen LogP contribution in [0.2, 0.25) is 0 Å². The molecule has 3 N–H and O–H groups in total. The minimum atomic E-state index is -4.56. The van der Waals surface area contributed by atoms with Crippen LogP contribution in [0, 0.1) is 0 Å². The molecule has 11 heteroatoms. The Labute approximate surface area is 121 Å². The second-order valence-corrected chi connectivity index (χ2v) is 6.84. The fourth-order valence-electron chi connectivity index (χ4n) is 1.51. The maximum Gasteiger partial charge on any atom is 0.416 e. The zero-order valence-electron chi connectivity index (χ0n) is 10.3. The predicted molar refractivity (Wildman–Crippen MR) is 69.8 cm³/mol. The molecule has 0 saturated carbocycles. The van der Waals surface area contributed by atoms with Gasteiger partial charge in [0.05, 0.1) is 5.56 Å². The van der Waals surface area contributed by atoms with Crippen molar-refractivity contribution in [2.75, 3.05) is 5.73 Å². The lowest BCUT2D eigenvalue weighted by atomic mass is 10.1. The van der Waals surface area contributed by atoms with Gasteiger partial charge >= 0.3 is 6.18 Å². The highest BCUT2D eigenvalue weighted by Gasteiger charge is 2.33. The number of hydrogen-bond acceptors (Lipinski definition) is 6. The van der Waals surface area contributed by atoms with Crippen LogP contribution >= 0.6 is 11.3 Å². The van der Waals surface area contributed by atoms with Crippen molar-refractivity contribution >= 4 is 26.5 Å². The first-order valence-electron chi connectivity index (χ1n) is 5.44. The molecule has 0 radical (unpaired) electrons. The smallest absolute Gasteiger partial charge is 0.374 e. The number of benzene rings is 1.